The Morgan fingerprint density at radius 2 is 1.68 bits per heavy atom. The first-order valence-electron chi connectivity index (χ1n) is 11.8. The van der Waals surface area contributed by atoms with Gasteiger partial charge in [-0.3, -0.25) is 9.59 Å². The first-order valence-corrected chi connectivity index (χ1v) is 11.8. The Morgan fingerprint density at radius 1 is 0.912 bits per heavy atom. The van der Waals surface area contributed by atoms with Gasteiger partial charge in [0.2, 0.25) is 0 Å². The van der Waals surface area contributed by atoms with Crippen molar-refractivity contribution in [2.24, 2.45) is 0 Å². The fourth-order valence-electron chi connectivity index (χ4n) is 4.94. The summed E-state index contributed by atoms with van der Waals surface area (Å²) >= 11 is 0. The number of para-hydroxylation sites is 1. The Kier molecular flexibility index (Phi) is 6.21. The van der Waals surface area contributed by atoms with Gasteiger partial charge in [0, 0.05) is 23.6 Å². The van der Waals surface area contributed by atoms with E-state index in [1.165, 1.54) is 12.7 Å². The van der Waals surface area contributed by atoms with Crippen molar-refractivity contribution in [1.29, 1.82) is 0 Å². The van der Waals surface area contributed by atoms with Crippen LogP contribution in [0.3, 0.4) is 0 Å². The summed E-state index contributed by atoms with van der Waals surface area (Å²) in [4.78, 5) is 26.3. The number of benzene rings is 2. The number of fused-ring (bicyclic) bond motifs is 1. The highest BCUT2D eigenvalue weighted by atomic mass is 16.5. The number of amides is 2. The van der Waals surface area contributed by atoms with Crippen molar-refractivity contribution in [3.63, 3.8) is 0 Å². The van der Waals surface area contributed by atoms with Gasteiger partial charge in [0.1, 0.15) is 22.8 Å². The van der Waals surface area contributed by atoms with Crippen LogP contribution in [0.4, 0.5) is 0 Å². The summed E-state index contributed by atoms with van der Waals surface area (Å²) in [6.07, 6.45) is 9.21. The summed E-state index contributed by atoms with van der Waals surface area (Å²) in [5.41, 5.74) is 1.30. The number of nitrogens with one attached hydrogen (secondary N) is 2. The highest BCUT2D eigenvalue weighted by Crippen LogP contribution is 2.46. The minimum absolute atomic E-state index is 0.130. The lowest BCUT2D eigenvalue weighted by molar-refractivity contribution is -0.119. The first-order chi connectivity index (χ1) is 16.6. The molecule has 6 heteroatoms. The van der Waals surface area contributed by atoms with E-state index in [0.717, 1.165) is 37.0 Å². The second-order valence-corrected chi connectivity index (χ2v) is 9.01. The molecule has 1 saturated carbocycles. The third kappa shape index (κ3) is 4.76. The summed E-state index contributed by atoms with van der Waals surface area (Å²) in [5, 5.41) is 5.95. The van der Waals surface area contributed by atoms with E-state index in [0.29, 0.717) is 17.7 Å². The molecule has 1 fully saturated rings. The Balaban J connectivity index is 1.41. The van der Waals surface area contributed by atoms with E-state index >= 15 is 0 Å². The van der Waals surface area contributed by atoms with Crippen LogP contribution in [0.5, 0.6) is 5.75 Å². The van der Waals surface area contributed by atoms with Crippen LogP contribution in [0.1, 0.15) is 66.2 Å². The Bertz CT molecular complexity index is 1180. The summed E-state index contributed by atoms with van der Waals surface area (Å²) in [6.45, 7) is 0. The maximum absolute atomic E-state index is 13.5. The highest BCUT2D eigenvalue weighted by molar-refractivity contribution is 6.05. The van der Waals surface area contributed by atoms with Gasteiger partial charge in [0.15, 0.2) is 0 Å². The van der Waals surface area contributed by atoms with Crippen LogP contribution in [-0.4, -0.2) is 17.4 Å². The first kappa shape index (κ1) is 22.0. The lowest BCUT2D eigenvalue weighted by atomic mass is 9.77. The van der Waals surface area contributed by atoms with Gasteiger partial charge in [-0.1, -0.05) is 42.8 Å². The quantitative estimate of drug-likeness (QED) is 0.504. The van der Waals surface area contributed by atoms with Crippen LogP contribution in [0.15, 0.2) is 83.1 Å². The van der Waals surface area contributed by atoms with Gasteiger partial charge in [-0.15, -0.1) is 0 Å². The maximum atomic E-state index is 13.5. The normalized spacial score (nSPS) is 19.1. The average Bonchev–Trinajstić information content (AvgIpc) is 3.38. The lowest BCUT2D eigenvalue weighted by Crippen LogP contribution is -2.47. The van der Waals surface area contributed by atoms with E-state index in [9.17, 15) is 9.59 Å². The SMILES string of the molecule is O=C(NC1CC2(CCCCC2)Oc2ccccc21)/C(=C/c1ccco1)NC(=O)c1ccccc1. The third-order valence-corrected chi connectivity index (χ3v) is 6.63. The third-order valence-electron chi connectivity index (χ3n) is 6.63. The van der Waals surface area contributed by atoms with E-state index in [2.05, 4.69) is 10.6 Å². The van der Waals surface area contributed by atoms with E-state index in [4.69, 9.17) is 9.15 Å². The zero-order chi connectivity index (χ0) is 23.4. The number of ether oxygens (including phenoxy) is 1. The van der Waals surface area contributed by atoms with E-state index < -0.39 is 0 Å². The molecule has 34 heavy (non-hydrogen) atoms. The second kappa shape index (κ2) is 9.59. The van der Waals surface area contributed by atoms with Gasteiger partial charge < -0.3 is 19.8 Å². The van der Waals surface area contributed by atoms with Gasteiger partial charge >= 0.3 is 0 Å². The zero-order valence-corrected chi connectivity index (χ0v) is 19.0. The maximum Gasteiger partial charge on any atom is 0.268 e. The molecular formula is C28H28N2O4. The van der Waals surface area contributed by atoms with Crippen LogP contribution in [0.2, 0.25) is 0 Å². The number of carbonyl (C=O) groups excluding carboxylic acids is 2. The predicted molar refractivity (Wildman–Crippen MR) is 129 cm³/mol. The molecule has 2 aromatic carbocycles. The van der Waals surface area contributed by atoms with Crippen molar-refractivity contribution in [2.75, 3.05) is 0 Å². The van der Waals surface area contributed by atoms with Crippen LogP contribution in [-0.2, 0) is 4.79 Å². The van der Waals surface area contributed by atoms with Crippen LogP contribution in [0, 0.1) is 0 Å². The summed E-state index contributed by atoms with van der Waals surface area (Å²) in [5.74, 6) is 0.582. The Hall–Kier alpha value is -3.80. The minimum atomic E-state index is -0.367. The smallest absolute Gasteiger partial charge is 0.268 e. The fourth-order valence-corrected chi connectivity index (χ4v) is 4.94. The molecule has 0 radical (unpaired) electrons. The number of carbonyl (C=O) groups is 2. The monoisotopic (exact) mass is 456 g/mol. The molecule has 2 N–H and O–H groups in total. The number of hydrogen-bond acceptors (Lipinski definition) is 4. The molecule has 1 atom stereocenters. The molecule has 2 heterocycles. The average molecular weight is 457 g/mol. The molecule has 1 unspecified atom stereocenters. The highest BCUT2D eigenvalue weighted by Gasteiger charge is 2.42. The van der Waals surface area contributed by atoms with Crippen LogP contribution < -0.4 is 15.4 Å². The number of rotatable bonds is 5. The lowest BCUT2D eigenvalue weighted by Gasteiger charge is -2.44. The van der Waals surface area contributed by atoms with E-state index in [1.54, 1.807) is 42.5 Å². The van der Waals surface area contributed by atoms with Crippen molar-refractivity contribution in [2.45, 2.75) is 50.2 Å². The molecule has 2 aliphatic rings. The zero-order valence-electron chi connectivity index (χ0n) is 19.0. The predicted octanol–water partition coefficient (Wildman–Crippen LogP) is 5.39. The van der Waals surface area contributed by atoms with Crippen molar-refractivity contribution in [3.8, 4) is 5.75 Å². The molecule has 5 rings (SSSR count). The minimum Gasteiger partial charge on any atom is -0.487 e. The van der Waals surface area contributed by atoms with E-state index in [1.807, 2.05) is 30.3 Å². The van der Waals surface area contributed by atoms with Crippen molar-refractivity contribution >= 4 is 17.9 Å². The standard InChI is InChI=1S/C28H28N2O4/c31-26(20-10-3-1-4-11-20)29-23(18-21-12-9-17-33-21)27(32)30-24-19-28(15-7-2-8-16-28)34-25-14-6-5-13-22(24)25/h1,3-6,9-14,17-18,24H,2,7-8,15-16,19H2,(H,29,31)(H,30,32)/b23-18-. The van der Waals surface area contributed by atoms with Gasteiger partial charge in [0.05, 0.1) is 12.3 Å². The van der Waals surface area contributed by atoms with Crippen LogP contribution in [0.25, 0.3) is 6.08 Å². The topological polar surface area (TPSA) is 80.6 Å². The molecule has 6 nitrogen and oxygen atoms in total. The van der Waals surface area contributed by atoms with Crippen molar-refractivity contribution in [1.82, 2.24) is 10.6 Å². The van der Waals surface area contributed by atoms with Crippen molar-refractivity contribution < 1.29 is 18.7 Å². The van der Waals surface area contributed by atoms with Gasteiger partial charge in [-0.05, 0) is 56.0 Å². The van der Waals surface area contributed by atoms with Gasteiger partial charge in [-0.25, -0.2) is 0 Å². The molecular weight excluding hydrogens is 428 g/mol. The summed E-state index contributed by atoms with van der Waals surface area (Å²) < 4.78 is 11.9. The molecule has 3 aromatic rings. The molecule has 1 aromatic heterocycles. The molecule has 0 bridgehead atoms. The molecule has 1 spiro atoms. The van der Waals surface area contributed by atoms with Gasteiger partial charge in [0.25, 0.3) is 11.8 Å². The van der Waals surface area contributed by atoms with Crippen LogP contribution >= 0.6 is 0 Å². The summed E-state index contributed by atoms with van der Waals surface area (Å²) in [6, 6.07) is 20.0. The fraction of sp³-hybridized carbons (Fsp3) is 0.286. The van der Waals surface area contributed by atoms with E-state index in [-0.39, 0.29) is 29.2 Å². The number of hydrogen-bond donors (Lipinski definition) is 2. The van der Waals surface area contributed by atoms with Gasteiger partial charge in [-0.2, -0.15) is 0 Å². The Labute approximate surface area is 199 Å². The summed E-state index contributed by atoms with van der Waals surface area (Å²) in [7, 11) is 0. The molecule has 1 aliphatic carbocycles. The molecule has 0 saturated heterocycles. The Morgan fingerprint density at radius 3 is 2.44 bits per heavy atom. The second-order valence-electron chi connectivity index (χ2n) is 9.01. The van der Waals surface area contributed by atoms with Crippen molar-refractivity contribution in [3.05, 3.63) is 95.6 Å². The largest absolute Gasteiger partial charge is 0.487 e. The number of furan rings is 1. The molecule has 2 amide bonds. The molecule has 1 aliphatic heterocycles. The molecule has 174 valence electrons.